The lowest BCUT2D eigenvalue weighted by molar-refractivity contribution is -0.139. The van der Waals surface area contributed by atoms with Crippen LogP contribution in [0.3, 0.4) is 0 Å². The first-order valence-corrected chi connectivity index (χ1v) is 6.83. The Morgan fingerprint density at radius 3 is 2.95 bits per heavy atom. The van der Waals surface area contributed by atoms with Gasteiger partial charge in [-0.2, -0.15) is 0 Å². The zero-order chi connectivity index (χ0) is 14.9. The van der Waals surface area contributed by atoms with Crippen LogP contribution in [0.4, 0.5) is 4.39 Å². The minimum Gasteiger partial charge on any atom is -0.394 e. The van der Waals surface area contributed by atoms with E-state index in [9.17, 15) is 14.3 Å². The molecule has 20 heavy (non-hydrogen) atoms. The fraction of sp³-hybridized carbons (Fsp3) is 0.500. The molecule has 0 spiro atoms. The van der Waals surface area contributed by atoms with Crippen LogP contribution in [0.5, 0.6) is 0 Å². The van der Waals surface area contributed by atoms with Crippen molar-refractivity contribution < 1.29 is 19.0 Å². The quantitative estimate of drug-likeness (QED) is 0.818. The summed E-state index contributed by atoms with van der Waals surface area (Å²) in [4.78, 5) is 14.5. The number of nitrogens with zero attached hydrogens (tertiary/aromatic N) is 1. The van der Waals surface area contributed by atoms with E-state index >= 15 is 0 Å². The van der Waals surface area contributed by atoms with Crippen LogP contribution in [0.2, 0.25) is 0 Å². The van der Waals surface area contributed by atoms with E-state index in [-0.39, 0.29) is 18.7 Å². The number of hydrogen-bond acceptors (Lipinski definition) is 4. The molecular weight excluding hydrogens is 281 g/mol. The average molecular weight is 299 g/mol. The standard InChI is InChI=1S/C14H18FNO3S/c1-14(2)8-16(6-9(7-17)19-14)13(18)11-5-10(20)3-4-12(11)15/h3-5,9,17,20H,6-8H2,1-2H3. The highest BCUT2D eigenvalue weighted by atomic mass is 32.1. The zero-order valence-corrected chi connectivity index (χ0v) is 12.4. The molecule has 4 nitrogen and oxygen atoms in total. The van der Waals surface area contributed by atoms with Crippen molar-refractivity contribution in [2.75, 3.05) is 19.7 Å². The number of hydrogen-bond donors (Lipinski definition) is 2. The Labute approximate surface area is 122 Å². The molecule has 1 aromatic carbocycles. The summed E-state index contributed by atoms with van der Waals surface area (Å²) in [5, 5.41) is 9.24. The number of ether oxygens (including phenoxy) is 1. The van der Waals surface area contributed by atoms with E-state index in [2.05, 4.69) is 12.6 Å². The van der Waals surface area contributed by atoms with Crippen molar-refractivity contribution in [2.45, 2.75) is 30.4 Å². The number of aliphatic hydroxyl groups is 1. The largest absolute Gasteiger partial charge is 0.394 e. The van der Waals surface area contributed by atoms with Gasteiger partial charge in [0.25, 0.3) is 5.91 Å². The van der Waals surface area contributed by atoms with E-state index in [1.807, 2.05) is 13.8 Å². The van der Waals surface area contributed by atoms with E-state index in [1.54, 1.807) is 0 Å². The normalized spacial score (nSPS) is 21.9. The molecule has 1 unspecified atom stereocenters. The second-order valence-electron chi connectivity index (χ2n) is 5.53. The predicted octanol–water partition coefficient (Wildman–Crippen LogP) is 1.73. The van der Waals surface area contributed by atoms with Gasteiger partial charge in [-0.05, 0) is 32.0 Å². The van der Waals surface area contributed by atoms with Gasteiger partial charge in [0.1, 0.15) is 5.82 Å². The molecule has 1 heterocycles. The average Bonchev–Trinajstić information content (AvgIpc) is 2.38. The lowest BCUT2D eigenvalue weighted by Gasteiger charge is -2.42. The highest BCUT2D eigenvalue weighted by Gasteiger charge is 2.36. The molecule has 1 aliphatic heterocycles. The maximum atomic E-state index is 13.8. The molecule has 1 N–H and O–H groups in total. The van der Waals surface area contributed by atoms with Crippen molar-refractivity contribution in [2.24, 2.45) is 0 Å². The minimum atomic E-state index is -0.573. The van der Waals surface area contributed by atoms with Crippen LogP contribution < -0.4 is 0 Å². The van der Waals surface area contributed by atoms with Crippen molar-refractivity contribution >= 4 is 18.5 Å². The fourth-order valence-electron chi connectivity index (χ4n) is 2.39. The first kappa shape index (κ1) is 15.3. The SMILES string of the molecule is CC1(C)CN(C(=O)c2cc(S)ccc2F)CC(CO)O1. The Kier molecular flexibility index (Phi) is 4.36. The van der Waals surface area contributed by atoms with Gasteiger partial charge in [-0.1, -0.05) is 0 Å². The molecule has 1 aromatic rings. The van der Waals surface area contributed by atoms with Gasteiger partial charge in [0.2, 0.25) is 0 Å². The Bertz CT molecular complexity index is 521. The van der Waals surface area contributed by atoms with E-state index in [0.29, 0.717) is 11.4 Å². The summed E-state index contributed by atoms with van der Waals surface area (Å²) in [6.45, 7) is 4.08. The van der Waals surface area contributed by atoms with Gasteiger partial charge in [0, 0.05) is 18.0 Å². The van der Waals surface area contributed by atoms with E-state index in [4.69, 9.17) is 4.74 Å². The molecule has 1 amide bonds. The molecule has 2 rings (SSSR count). The molecule has 6 heteroatoms. The summed E-state index contributed by atoms with van der Waals surface area (Å²) in [5.74, 6) is -0.981. The summed E-state index contributed by atoms with van der Waals surface area (Å²) in [5.41, 5.74) is -0.581. The molecule has 0 aromatic heterocycles. The Morgan fingerprint density at radius 2 is 2.30 bits per heavy atom. The lowest BCUT2D eigenvalue weighted by Crippen LogP contribution is -2.55. The third kappa shape index (κ3) is 3.31. The van der Waals surface area contributed by atoms with Gasteiger partial charge in [0.15, 0.2) is 0 Å². The smallest absolute Gasteiger partial charge is 0.257 e. The van der Waals surface area contributed by atoms with Crippen molar-refractivity contribution in [3.8, 4) is 0 Å². The molecule has 0 bridgehead atoms. The van der Waals surface area contributed by atoms with Gasteiger partial charge < -0.3 is 14.7 Å². The Hall–Kier alpha value is -1.11. The third-order valence-electron chi connectivity index (χ3n) is 3.15. The first-order chi connectivity index (χ1) is 9.32. The van der Waals surface area contributed by atoms with Crippen molar-refractivity contribution in [3.63, 3.8) is 0 Å². The summed E-state index contributed by atoms with van der Waals surface area (Å²) < 4.78 is 19.4. The summed E-state index contributed by atoms with van der Waals surface area (Å²) >= 11 is 4.13. The third-order valence-corrected chi connectivity index (χ3v) is 3.43. The topological polar surface area (TPSA) is 49.8 Å². The molecule has 1 atom stereocenters. The lowest BCUT2D eigenvalue weighted by atomic mass is 10.0. The fourth-order valence-corrected chi connectivity index (χ4v) is 2.60. The summed E-state index contributed by atoms with van der Waals surface area (Å²) in [7, 11) is 0. The Morgan fingerprint density at radius 1 is 1.60 bits per heavy atom. The van der Waals surface area contributed by atoms with Crippen LogP contribution in [-0.4, -0.2) is 47.3 Å². The van der Waals surface area contributed by atoms with E-state index < -0.39 is 23.4 Å². The first-order valence-electron chi connectivity index (χ1n) is 6.39. The number of carbonyl (C=O) groups is 1. The predicted molar refractivity (Wildman–Crippen MR) is 75.6 cm³/mol. The highest BCUT2D eigenvalue weighted by Crippen LogP contribution is 2.24. The molecule has 1 aliphatic rings. The number of rotatable bonds is 2. The second kappa shape index (κ2) is 5.71. The van der Waals surface area contributed by atoms with Crippen molar-refractivity contribution in [1.29, 1.82) is 0 Å². The number of thiol groups is 1. The zero-order valence-electron chi connectivity index (χ0n) is 11.5. The maximum absolute atomic E-state index is 13.8. The van der Waals surface area contributed by atoms with Gasteiger partial charge in [-0.3, -0.25) is 4.79 Å². The van der Waals surface area contributed by atoms with Gasteiger partial charge in [-0.15, -0.1) is 12.6 Å². The maximum Gasteiger partial charge on any atom is 0.257 e. The van der Waals surface area contributed by atoms with E-state index in [1.165, 1.54) is 23.1 Å². The van der Waals surface area contributed by atoms with Gasteiger partial charge >= 0.3 is 0 Å². The van der Waals surface area contributed by atoms with Crippen LogP contribution in [0.15, 0.2) is 23.1 Å². The summed E-state index contributed by atoms with van der Waals surface area (Å²) in [6, 6.07) is 4.14. The van der Waals surface area contributed by atoms with Gasteiger partial charge in [0.05, 0.1) is 23.9 Å². The summed E-state index contributed by atoms with van der Waals surface area (Å²) in [6.07, 6.45) is -0.454. The highest BCUT2D eigenvalue weighted by molar-refractivity contribution is 7.80. The van der Waals surface area contributed by atoms with E-state index in [0.717, 1.165) is 0 Å². The number of amides is 1. The van der Waals surface area contributed by atoms with Crippen molar-refractivity contribution in [3.05, 3.63) is 29.6 Å². The number of benzene rings is 1. The van der Waals surface area contributed by atoms with Crippen LogP contribution in [-0.2, 0) is 4.74 Å². The number of halogens is 1. The van der Waals surface area contributed by atoms with Gasteiger partial charge in [-0.25, -0.2) is 4.39 Å². The number of morpholine rings is 1. The molecule has 0 radical (unpaired) electrons. The molecule has 0 saturated carbocycles. The number of carbonyl (C=O) groups excluding carboxylic acids is 1. The minimum absolute atomic E-state index is 0.00751. The molecule has 1 fully saturated rings. The Balaban J connectivity index is 2.25. The second-order valence-corrected chi connectivity index (χ2v) is 6.05. The number of aliphatic hydroxyl groups excluding tert-OH is 1. The molecular formula is C14H18FNO3S. The van der Waals surface area contributed by atoms with Crippen LogP contribution >= 0.6 is 12.6 Å². The van der Waals surface area contributed by atoms with Crippen LogP contribution in [0.25, 0.3) is 0 Å². The monoisotopic (exact) mass is 299 g/mol. The molecule has 110 valence electrons. The van der Waals surface area contributed by atoms with Crippen LogP contribution in [0, 0.1) is 5.82 Å². The molecule has 1 saturated heterocycles. The van der Waals surface area contributed by atoms with Crippen LogP contribution in [0.1, 0.15) is 24.2 Å². The van der Waals surface area contributed by atoms with Crippen molar-refractivity contribution in [1.82, 2.24) is 4.90 Å². The molecule has 0 aliphatic carbocycles.